The normalized spacial score (nSPS) is 10.2. The highest BCUT2D eigenvalue weighted by Gasteiger charge is 2.20. The number of nitrogen functional groups attached to an aromatic ring is 1. The fraction of sp³-hybridized carbons (Fsp3) is 0.167. The Labute approximate surface area is 118 Å². The first-order chi connectivity index (χ1) is 9.49. The van der Waals surface area contributed by atoms with Crippen LogP contribution in [0.5, 0.6) is 0 Å². The van der Waals surface area contributed by atoms with Crippen LogP contribution in [0, 0.1) is 17.0 Å². The van der Waals surface area contributed by atoms with Gasteiger partial charge in [0.15, 0.2) is 0 Å². The first kappa shape index (κ1) is 13.9. The molecule has 2 aromatic rings. The third kappa shape index (κ3) is 2.91. The van der Waals surface area contributed by atoms with Crippen molar-refractivity contribution in [2.24, 2.45) is 0 Å². The van der Waals surface area contributed by atoms with Crippen molar-refractivity contribution in [1.82, 2.24) is 10.3 Å². The van der Waals surface area contributed by atoms with Crippen molar-refractivity contribution >= 4 is 28.6 Å². The van der Waals surface area contributed by atoms with Gasteiger partial charge in [-0.15, -0.1) is 11.3 Å². The number of carbonyl (C=O) groups excluding carboxylic acids is 1. The summed E-state index contributed by atoms with van der Waals surface area (Å²) in [6, 6.07) is 3.91. The Morgan fingerprint density at radius 3 is 2.90 bits per heavy atom. The molecule has 2 rings (SSSR count). The average molecular weight is 292 g/mol. The summed E-state index contributed by atoms with van der Waals surface area (Å²) >= 11 is 1.42. The Bertz CT molecular complexity index is 668. The highest BCUT2D eigenvalue weighted by atomic mass is 32.1. The van der Waals surface area contributed by atoms with Gasteiger partial charge in [0.25, 0.3) is 11.6 Å². The molecule has 0 fully saturated rings. The SMILES string of the molecule is Cc1ncsc1CNC(=O)c1cc(N)ccc1[N+](=O)[O-]. The summed E-state index contributed by atoms with van der Waals surface area (Å²) in [6.07, 6.45) is 0. The third-order valence-electron chi connectivity index (χ3n) is 2.72. The molecule has 0 aliphatic rings. The molecule has 0 aliphatic heterocycles. The molecule has 0 unspecified atom stereocenters. The van der Waals surface area contributed by atoms with Gasteiger partial charge in [-0.25, -0.2) is 4.98 Å². The van der Waals surface area contributed by atoms with E-state index < -0.39 is 10.8 Å². The third-order valence-corrected chi connectivity index (χ3v) is 3.65. The maximum atomic E-state index is 12.0. The van der Waals surface area contributed by atoms with E-state index in [1.807, 2.05) is 6.92 Å². The number of aryl methyl sites for hydroxylation is 1. The van der Waals surface area contributed by atoms with Crippen LogP contribution in [0.25, 0.3) is 0 Å². The van der Waals surface area contributed by atoms with Crippen molar-refractivity contribution in [2.45, 2.75) is 13.5 Å². The molecule has 7 nitrogen and oxygen atoms in total. The van der Waals surface area contributed by atoms with Crippen molar-refractivity contribution in [2.75, 3.05) is 5.73 Å². The molecular weight excluding hydrogens is 280 g/mol. The maximum Gasteiger partial charge on any atom is 0.282 e. The summed E-state index contributed by atoms with van der Waals surface area (Å²) in [5.74, 6) is -0.531. The number of benzene rings is 1. The number of nitro groups is 1. The van der Waals surface area contributed by atoms with Gasteiger partial charge in [0.1, 0.15) is 5.56 Å². The van der Waals surface area contributed by atoms with Crippen LogP contribution in [0.3, 0.4) is 0 Å². The van der Waals surface area contributed by atoms with Gasteiger partial charge in [-0.3, -0.25) is 14.9 Å². The number of rotatable bonds is 4. The van der Waals surface area contributed by atoms with Gasteiger partial charge < -0.3 is 11.1 Å². The zero-order chi connectivity index (χ0) is 14.7. The number of nitrogens with zero attached hydrogens (tertiary/aromatic N) is 2. The van der Waals surface area contributed by atoms with Gasteiger partial charge in [0, 0.05) is 16.6 Å². The second-order valence-corrected chi connectivity index (χ2v) is 5.02. The van der Waals surface area contributed by atoms with Gasteiger partial charge in [-0.1, -0.05) is 0 Å². The van der Waals surface area contributed by atoms with E-state index in [0.717, 1.165) is 10.6 Å². The van der Waals surface area contributed by atoms with E-state index in [1.165, 1.54) is 29.5 Å². The number of hydrogen-bond acceptors (Lipinski definition) is 6. The molecule has 3 N–H and O–H groups in total. The van der Waals surface area contributed by atoms with E-state index in [9.17, 15) is 14.9 Å². The topological polar surface area (TPSA) is 111 Å². The first-order valence-electron chi connectivity index (χ1n) is 5.70. The Kier molecular flexibility index (Phi) is 3.94. The smallest absolute Gasteiger partial charge is 0.282 e. The monoisotopic (exact) mass is 292 g/mol. The number of nitrogens with one attached hydrogen (secondary N) is 1. The largest absolute Gasteiger partial charge is 0.399 e. The lowest BCUT2D eigenvalue weighted by molar-refractivity contribution is -0.385. The van der Waals surface area contributed by atoms with Crippen LogP contribution in [0.2, 0.25) is 0 Å². The Morgan fingerprint density at radius 1 is 1.55 bits per heavy atom. The Morgan fingerprint density at radius 2 is 2.30 bits per heavy atom. The molecular formula is C12H12N4O3S. The van der Waals surface area contributed by atoms with Crippen LogP contribution >= 0.6 is 11.3 Å². The Hall–Kier alpha value is -2.48. The minimum Gasteiger partial charge on any atom is -0.399 e. The second-order valence-electron chi connectivity index (χ2n) is 4.08. The number of carbonyl (C=O) groups is 1. The quantitative estimate of drug-likeness (QED) is 0.507. The maximum absolute atomic E-state index is 12.0. The fourth-order valence-corrected chi connectivity index (χ4v) is 2.36. The van der Waals surface area contributed by atoms with E-state index in [2.05, 4.69) is 10.3 Å². The van der Waals surface area contributed by atoms with Gasteiger partial charge in [0.2, 0.25) is 0 Å². The van der Waals surface area contributed by atoms with E-state index in [0.29, 0.717) is 5.69 Å². The number of thiazole rings is 1. The lowest BCUT2D eigenvalue weighted by Gasteiger charge is -2.06. The molecule has 104 valence electrons. The number of anilines is 1. The van der Waals surface area contributed by atoms with Gasteiger partial charge in [-0.05, 0) is 19.1 Å². The summed E-state index contributed by atoms with van der Waals surface area (Å²) in [7, 11) is 0. The summed E-state index contributed by atoms with van der Waals surface area (Å²) in [5, 5.41) is 13.5. The van der Waals surface area contributed by atoms with E-state index in [-0.39, 0.29) is 17.8 Å². The molecule has 1 aromatic carbocycles. The molecule has 0 radical (unpaired) electrons. The van der Waals surface area contributed by atoms with Crippen LogP contribution in [0.15, 0.2) is 23.7 Å². The standard InChI is InChI=1S/C12H12N4O3S/c1-7-11(20-6-15-7)5-14-12(17)9-4-8(13)2-3-10(9)16(18)19/h2-4,6H,5,13H2,1H3,(H,14,17). The van der Waals surface area contributed by atoms with E-state index in [4.69, 9.17) is 5.73 Å². The van der Waals surface area contributed by atoms with Crippen molar-refractivity contribution in [3.8, 4) is 0 Å². The molecule has 0 saturated heterocycles. The minimum absolute atomic E-state index is 0.0443. The lowest BCUT2D eigenvalue weighted by Crippen LogP contribution is -2.23. The molecule has 1 aromatic heterocycles. The van der Waals surface area contributed by atoms with Crippen molar-refractivity contribution in [3.05, 3.63) is 50.0 Å². The van der Waals surface area contributed by atoms with Crippen molar-refractivity contribution in [1.29, 1.82) is 0 Å². The number of amides is 1. The number of nitro benzene ring substituents is 1. The molecule has 0 aliphatic carbocycles. The molecule has 0 spiro atoms. The molecule has 20 heavy (non-hydrogen) atoms. The number of nitrogens with two attached hydrogens (primary N) is 1. The molecule has 1 amide bonds. The number of hydrogen-bond donors (Lipinski definition) is 2. The first-order valence-corrected chi connectivity index (χ1v) is 6.58. The van der Waals surface area contributed by atoms with Gasteiger partial charge in [0.05, 0.1) is 22.7 Å². The molecule has 1 heterocycles. The van der Waals surface area contributed by atoms with Crippen LogP contribution < -0.4 is 11.1 Å². The predicted octanol–water partition coefficient (Wildman–Crippen LogP) is 1.87. The highest BCUT2D eigenvalue weighted by Crippen LogP contribution is 2.21. The van der Waals surface area contributed by atoms with Gasteiger partial charge >= 0.3 is 0 Å². The molecule has 8 heteroatoms. The summed E-state index contributed by atoms with van der Waals surface area (Å²) in [4.78, 5) is 27.3. The van der Waals surface area contributed by atoms with Crippen LogP contribution in [0.4, 0.5) is 11.4 Å². The summed E-state index contributed by atoms with van der Waals surface area (Å²) < 4.78 is 0. The molecule has 0 saturated carbocycles. The summed E-state index contributed by atoms with van der Waals surface area (Å²) in [5.41, 5.74) is 8.07. The van der Waals surface area contributed by atoms with E-state index in [1.54, 1.807) is 5.51 Å². The molecule has 0 bridgehead atoms. The predicted molar refractivity (Wildman–Crippen MR) is 75.5 cm³/mol. The van der Waals surface area contributed by atoms with Crippen LogP contribution in [-0.4, -0.2) is 15.8 Å². The average Bonchev–Trinajstić information content (AvgIpc) is 2.81. The lowest BCUT2D eigenvalue weighted by atomic mass is 10.1. The van der Waals surface area contributed by atoms with Gasteiger partial charge in [-0.2, -0.15) is 0 Å². The minimum atomic E-state index is -0.605. The number of aromatic nitrogens is 1. The Balaban J connectivity index is 2.19. The zero-order valence-electron chi connectivity index (χ0n) is 10.6. The zero-order valence-corrected chi connectivity index (χ0v) is 11.4. The fourth-order valence-electron chi connectivity index (χ4n) is 1.65. The van der Waals surface area contributed by atoms with Crippen molar-refractivity contribution < 1.29 is 9.72 Å². The van der Waals surface area contributed by atoms with Crippen LogP contribution in [0.1, 0.15) is 20.9 Å². The second kappa shape index (κ2) is 5.66. The molecule has 0 atom stereocenters. The highest BCUT2D eigenvalue weighted by molar-refractivity contribution is 7.09. The summed E-state index contributed by atoms with van der Waals surface area (Å²) in [6.45, 7) is 2.11. The van der Waals surface area contributed by atoms with Crippen molar-refractivity contribution in [3.63, 3.8) is 0 Å². The van der Waals surface area contributed by atoms with E-state index >= 15 is 0 Å². The van der Waals surface area contributed by atoms with Crippen LogP contribution in [-0.2, 0) is 6.54 Å².